The number of methoxy groups -OCH3 is 1. The van der Waals surface area contributed by atoms with E-state index in [1.54, 1.807) is 25.3 Å². The van der Waals surface area contributed by atoms with E-state index in [-0.39, 0.29) is 12.4 Å². The molecule has 26 heavy (non-hydrogen) atoms. The molecule has 0 radical (unpaired) electrons. The molecule has 0 bridgehead atoms. The van der Waals surface area contributed by atoms with Crippen LogP contribution in [0.2, 0.25) is 0 Å². The van der Waals surface area contributed by atoms with Crippen molar-refractivity contribution in [1.82, 2.24) is 5.32 Å². The Morgan fingerprint density at radius 3 is 2.88 bits per heavy atom. The van der Waals surface area contributed by atoms with Crippen molar-refractivity contribution in [3.05, 3.63) is 57.8 Å². The zero-order chi connectivity index (χ0) is 18.4. The third-order valence-corrected chi connectivity index (χ3v) is 4.93. The maximum Gasteiger partial charge on any atom is 0.175 e. The maximum atomic E-state index is 13.8. The van der Waals surface area contributed by atoms with Gasteiger partial charge in [0.2, 0.25) is 0 Å². The van der Waals surface area contributed by atoms with E-state index in [1.807, 2.05) is 12.1 Å². The molecule has 4 nitrogen and oxygen atoms in total. The lowest BCUT2D eigenvalue weighted by atomic mass is 10.2. The first-order valence-corrected chi connectivity index (χ1v) is 9.51. The fourth-order valence-electron chi connectivity index (χ4n) is 2.96. The zero-order valence-corrected chi connectivity index (χ0v) is 16.4. The molecule has 1 heterocycles. The molecule has 6 heteroatoms. The molecule has 140 valence electrons. The van der Waals surface area contributed by atoms with Gasteiger partial charge in [-0.05, 0) is 52.5 Å². The van der Waals surface area contributed by atoms with Crippen LogP contribution in [0.15, 0.2) is 40.9 Å². The summed E-state index contributed by atoms with van der Waals surface area (Å²) in [6.45, 7) is 2.55. The third kappa shape index (κ3) is 4.96. The minimum Gasteiger partial charge on any atom is -0.493 e. The quantitative estimate of drug-likeness (QED) is 0.680. The summed E-state index contributed by atoms with van der Waals surface area (Å²) in [7, 11) is 1.60. The second-order valence-electron chi connectivity index (χ2n) is 6.26. The lowest BCUT2D eigenvalue weighted by Crippen LogP contribution is -2.25. The van der Waals surface area contributed by atoms with Gasteiger partial charge >= 0.3 is 0 Å². The Morgan fingerprint density at radius 2 is 2.15 bits per heavy atom. The second-order valence-corrected chi connectivity index (χ2v) is 7.11. The molecule has 0 aliphatic carbocycles. The van der Waals surface area contributed by atoms with Gasteiger partial charge in [-0.1, -0.05) is 18.2 Å². The molecule has 1 saturated heterocycles. The summed E-state index contributed by atoms with van der Waals surface area (Å²) in [6, 6.07) is 10.5. The van der Waals surface area contributed by atoms with Crippen LogP contribution in [-0.2, 0) is 17.9 Å². The fourth-order valence-corrected chi connectivity index (χ4v) is 3.57. The van der Waals surface area contributed by atoms with Gasteiger partial charge in [0.1, 0.15) is 12.4 Å². The van der Waals surface area contributed by atoms with E-state index in [0.29, 0.717) is 29.7 Å². The average Bonchev–Trinajstić information content (AvgIpc) is 3.15. The Labute approximate surface area is 161 Å². The number of benzene rings is 2. The van der Waals surface area contributed by atoms with Crippen LogP contribution >= 0.6 is 15.9 Å². The Morgan fingerprint density at radius 1 is 1.31 bits per heavy atom. The highest BCUT2D eigenvalue weighted by Crippen LogP contribution is 2.37. The van der Waals surface area contributed by atoms with Gasteiger partial charge in [-0.2, -0.15) is 0 Å². The molecule has 0 aromatic heterocycles. The van der Waals surface area contributed by atoms with Crippen LogP contribution in [0.1, 0.15) is 24.0 Å². The number of nitrogens with one attached hydrogen (secondary N) is 1. The SMILES string of the molecule is COc1cc(CNCC2CCCO2)cc(Br)c1OCc1ccccc1F. The van der Waals surface area contributed by atoms with Gasteiger partial charge in [-0.25, -0.2) is 4.39 Å². The molecule has 0 spiro atoms. The molecular weight excluding hydrogens is 401 g/mol. The molecule has 3 rings (SSSR count). The number of hydrogen-bond acceptors (Lipinski definition) is 4. The highest BCUT2D eigenvalue weighted by molar-refractivity contribution is 9.10. The standard InChI is InChI=1S/C20H23BrFNO3/c1-24-19-10-14(11-23-12-16-6-4-8-25-16)9-17(21)20(19)26-13-15-5-2-3-7-18(15)22/h2-3,5,7,9-10,16,23H,4,6,8,11-13H2,1H3. The molecular formula is C20H23BrFNO3. The van der Waals surface area contributed by atoms with Crippen LogP contribution in [0.5, 0.6) is 11.5 Å². The van der Waals surface area contributed by atoms with Crippen LogP contribution in [0.3, 0.4) is 0 Å². The molecule has 1 N–H and O–H groups in total. The summed E-state index contributed by atoms with van der Waals surface area (Å²) in [5.41, 5.74) is 1.58. The van der Waals surface area contributed by atoms with Gasteiger partial charge in [0.15, 0.2) is 11.5 Å². The molecule has 0 amide bonds. The van der Waals surface area contributed by atoms with Crippen molar-refractivity contribution < 1.29 is 18.6 Å². The average molecular weight is 424 g/mol. The van der Waals surface area contributed by atoms with Crippen molar-refractivity contribution in [2.45, 2.75) is 32.1 Å². The number of rotatable bonds is 8. The number of ether oxygens (including phenoxy) is 3. The Kier molecular flexibility index (Phi) is 6.88. The van der Waals surface area contributed by atoms with Crippen LogP contribution in [-0.4, -0.2) is 26.4 Å². The monoisotopic (exact) mass is 423 g/mol. The van der Waals surface area contributed by atoms with Crippen LogP contribution in [0, 0.1) is 5.82 Å². The molecule has 1 unspecified atom stereocenters. The summed E-state index contributed by atoms with van der Waals surface area (Å²) >= 11 is 3.54. The summed E-state index contributed by atoms with van der Waals surface area (Å²) in [4.78, 5) is 0. The Balaban J connectivity index is 1.63. The van der Waals surface area contributed by atoms with E-state index in [9.17, 15) is 4.39 Å². The minimum absolute atomic E-state index is 0.137. The molecule has 1 aliphatic heterocycles. The van der Waals surface area contributed by atoms with Gasteiger partial charge in [0, 0.05) is 25.3 Å². The predicted octanol–water partition coefficient (Wildman–Crippen LogP) is 4.44. The van der Waals surface area contributed by atoms with E-state index in [1.165, 1.54) is 6.07 Å². The van der Waals surface area contributed by atoms with E-state index in [0.717, 1.165) is 36.0 Å². The maximum absolute atomic E-state index is 13.8. The predicted molar refractivity (Wildman–Crippen MR) is 102 cm³/mol. The van der Waals surface area contributed by atoms with Crippen molar-refractivity contribution in [3.63, 3.8) is 0 Å². The Bertz CT molecular complexity index is 735. The van der Waals surface area contributed by atoms with E-state index in [4.69, 9.17) is 14.2 Å². The topological polar surface area (TPSA) is 39.7 Å². The van der Waals surface area contributed by atoms with Crippen molar-refractivity contribution in [2.24, 2.45) is 0 Å². The molecule has 2 aromatic carbocycles. The first-order chi connectivity index (χ1) is 12.7. The molecule has 0 saturated carbocycles. The lowest BCUT2D eigenvalue weighted by molar-refractivity contribution is 0.110. The number of halogens is 2. The summed E-state index contributed by atoms with van der Waals surface area (Å²) < 4.78 is 31.4. The molecule has 1 fully saturated rings. The zero-order valence-electron chi connectivity index (χ0n) is 14.8. The fraction of sp³-hybridized carbons (Fsp3) is 0.400. The van der Waals surface area contributed by atoms with Crippen molar-refractivity contribution in [1.29, 1.82) is 0 Å². The van der Waals surface area contributed by atoms with E-state index in [2.05, 4.69) is 21.2 Å². The van der Waals surface area contributed by atoms with Crippen molar-refractivity contribution in [2.75, 3.05) is 20.3 Å². The second kappa shape index (κ2) is 9.35. The van der Waals surface area contributed by atoms with Crippen LogP contribution < -0.4 is 14.8 Å². The molecule has 1 aliphatic rings. The summed E-state index contributed by atoms with van der Waals surface area (Å²) in [5.74, 6) is 0.904. The van der Waals surface area contributed by atoms with Gasteiger partial charge in [-0.15, -0.1) is 0 Å². The van der Waals surface area contributed by atoms with E-state index < -0.39 is 0 Å². The van der Waals surface area contributed by atoms with Crippen LogP contribution in [0.4, 0.5) is 4.39 Å². The molecule has 1 atom stereocenters. The highest BCUT2D eigenvalue weighted by atomic mass is 79.9. The first-order valence-electron chi connectivity index (χ1n) is 8.72. The Hall–Kier alpha value is -1.63. The number of hydrogen-bond donors (Lipinski definition) is 1. The summed E-state index contributed by atoms with van der Waals surface area (Å²) in [5, 5.41) is 3.42. The summed E-state index contributed by atoms with van der Waals surface area (Å²) in [6.07, 6.45) is 2.56. The third-order valence-electron chi connectivity index (χ3n) is 4.34. The van der Waals surface area contributed by atoms with Crippen LogP contribution in [0.25, 0.3) is 0 Å². The lowest BCUT2D eigenvalue weighted by Gasteiger charge is -2.16. The van der Waals surface area contributed by atoms with Gasteiger partial charge in [0.25, 0.3) is 0 Å². The van der Waals surface area contributed by atoms with Crippen molar-refractivity contribution >= 4 is 15.9 Å². The van der Waals surface area contributed by atoms with E-state index >= 15 is 0 Å². The van der Waals surface area contributed by atoms with Gasteiger partial charge in [0.05, 0.1) is 17.7 Å². The highest BCUT2D eigenvalue weighted by Gasteiger charge is 2.16. The van der Waals surface area contributed by atoms with Gasteiger partial charge in [-0.3, -0.25) is 0 Å². The largest absolute Gasteiger partial charge is 0.493 e. The molecule has 2 aromatic rings. The first kappa shape index (κ1) is 19.1. The van der Waals surface area contributed by atoms with Crippen molar-refractivity contribution in [3.8, 4) is 11.5 Å². The van der Waals surface area contributed by atoms with Gasteiger partial charge < -0.3 is 19.5 Å². The smallest absolute Gasteiger partial charge is 0.175 e. The minimum atomic E-state index is -0.280. The normalized spacial score (nSPS) is 16.7.